The first-order valence-corrected chi connectivity index (χ1v) is 13.0. The monoisotopic (exact) mass is 508 g/mol. The largest absolute Gasteiger partial charge is 0.444 e. The minimum atomic E-state index is -0.540. The molecule has 0 radical (unpaired) electrons. The zero-order valence-electron chi connectivity index (χ0n) is 22.3. The van der Waals surface area contributed by atoms with Crippen LogP contribution in [0.3, 0.4) is 0 Å². The number of pyridine rings is 1. The molecular formula is C31H32N4O3. The Balaban J connectivity index is 1.47. The Morgan fingerprint density at radius 2 is 1.79 bits per heavy atom. The summed E-state index contributed by atoms with van der Waals surface area (Å²) >= 11 is 0. The molecule has 3 aromatic rings. The third-order valence-electron chi connectivity index (χ3n) is 7.09. The SMILES string of the molecule is Cc1ccc(-c2ncc3c(c2-c2ccc(C#N)cc2)CC(=O)N3C[C@@H]2CCN(C(=O)OC(C)(C)C)C2)cc1. The number of hydrogen-bond acceptors (Lipinski definition) is 5. The number of anilines is 1. The number of amides is 2. The first kappa shape index (κ1) is 25.5. The van der Waals surface area contributed by atoms with Crippen LogP contribution in [0.2, 0.25) is 0 Å². The molecule has 2 aliphatic rings. The van der Waals surface area contributed by atoms with Gasteiger partial charge in [0.05, 0.1) is 35.6 Å². The van der Waals surface area contributed by atoms with Gasteiger partial charge in [0.15, 0.2) is 0 Å². The van der Waals surface area contributed by atoms with Crippen molar-refractivity contribution >= 4 is 17.7 Å². The molecule has 0 aliphatic carbocycles. The molecule has 1 aromatic heterocycles. The van der Waals surface area contributed by atoms with Crippen molar-refractivity contribution in [2.75, 3.05) is 24.5 Å². The average Bonchev–Trinajstić information content (AvgIpc) is 3.48. The zero-order valence-corrected chi connectivity index (χ0v) is 22.3. The predicted octanol–water partition coefficient (Wildman–Crippen LogP) is 5.74. The van der Waals surface area contributed by atoms with Gasteiger partial charge in [-0.3, -0.25) is 9.78 Å². The molecule has 38 heavy (non-hydrogen) atoms. The van der Waals surface area contributed by atoms with Gasteiger partial charge in [-0.25, -0.2) is 4.79 Å². The number of fused-ring (bicyclic) bond motifs is 1. The lowest BCUT2D eigenvalue weighted by atomic mass is 9.92. The van der Waals surface area contributed by atoms with Crippen LogP contribution in [0.4, 0.5) is 10.5 Å². The number of likely N-dealkylation sites (tertiary alicyclic amines) is 1. The van der Waals surface area contributed by atoms with Crippen molar-refractivity contribution < 1.29 is 14.3 Å². The summed E-state index contributed by atoms with van der Waals surface area (Å²) in [6.07, 6.45) is 2.61. The van der Waals surface area contributed by atoms with Gasteiger partial charge in [0.2, 0.25) is 5.91 Å². The summed E-state index contributed by atoms with van der Waals surface area (Å²) in [5, 5.41) is 9.28. The molecule has 0 spiro atoms. The Bertz CT molecular complexity index is 1420. The Kier molecular flexibility index (Phi) is 6.66. The van der Waals surface area contributed by atoms with Crippen molar-refractivity contribution in [2.24, 2.45) is 5.92 Å². The molecule has 2 aliphatic heterocycles. The second kappa shape index (κ2) is 9.94. The summed E-state index contributed by atoms with van der Waals surface area (Å²) in [5.41, 5.74) is 6.62. The molecule has 0 N–H and O–H groups in total. The fourth-order valence-corrected chi connectivity index (χ4v) is 5.22. The first-order chi connectivity index (χ1) is 18.1. The maximum Gasteiger partial charge on any atom is 0.410 e. The summed E-state index contributed by atoms with van der Waals surface area (Å²) in [6.45, 7) is 9.35. The Morgan fingerprint density at radius 3 is 2.45 bits per heavy atom. The number of ether oxygens (including phenoxy) is 1. The Morgan fingerprint density at radius 1 is 1.11 bits per heavy atom. The molecule has 5 rings (SSSR count). The van der Waals surface area contributed by atoms with E-state index in [1.807, 2.05) is 50.9 Å². The minimum Gasteiger partial charge on any atom is -0.444 e. The Labute approximate surface area is 223 Å². The van der Waals surface area contributed by atoms with Crippen molar-refractivity contribution in [3.05, 3.63) is 71.4 Å². The lowest BCUT2D eigenvalue weighted by Gasteiger charge is -2.25. The summed E-state index contributed by atoms with van der Waals surface area (Å²) in [6, 6.07) is 17.8. The number of benzene rings is 2. The number of aromatic nitrogens is 1. The summed E-state index contributed by atoms with van der Waals surface area (Å²) in [4.78, 5) is 34.3. The number of nitrogens with zero attached hydrogens (tertiary/aromatic N) is 4. The highest BCUT2D eigenvalue weighted by atomic mass is 16.6. The van der Waals surface area contributed by atoms with Gasteiger partial charge in [0.1, 0.15) is 5.60 Å². The number of hydrogen-bond donors (Lipinski definition) is 0. The molecular weight excluding hydrogens is 476 g/mol. The fraction of sp³-hybridized carbons (Fsp3) is 0.355. The summed E-state index contributed by atoms with van der Waals surface area (Å²) in [7, 11) is 0. The molecule has 1 atom stereocenters. The molecule has 1 saturated heterocycles. The van der Waals surface area contributed by atoms with Crippen LogP contribution in [-0.4, -0.2) is 47.1 Å². The van der Waals surface area contributed by atoms with E-state index in [2.05, 4.69) is 30.3 Å². The van der Waals surface area contributed by atoms with E-state index in [1.165, 1.54) is 0 Å². The van der Waals surface area contributed by atoms with Gasteiger partial charge in [0.25, 0.3) is 0 Å². The van der Waals surface area contributed by atoms with Gasteiger partial charge in [-0.2, -0.15) is 5.26 Å². The second-order valence-corrected chi connectivity index (χ2v) is 11.2. The van der Waals surface area contributed by atoms with Crippen LogP contribution >= 0.6 is 0 Å². The standard InChI is InChI=1S/C31H32N4O3/c1-20-5-9-24(10-6-20)29-28(23-11-7-21(16-32)8-12-23)25-15-27(36)35(26(25)17-33-29)19-22-13-14-34(18-22)30(37)38-31(2,3)4/h5-12,17,22H,13-15,18-19H2,1-4H3/t22-/m1/s1. The van der Waals surface area contributed by atoms with E-state index in [4.69, 9.17) is 9.72 Å². The summed E-state index contributed by atoms with van der Waals surface area (Å²) < 4.78 is 5.54. The highest BCUT2D eigenvalue weighted by Gasteiger charge is 2.36. The topological polar surface area (TPSA) is 86.5 Å². The van der Waals surface area contributed by atoms with Crippen molar-refractivity contribution in [3.8, 4) is 28.5 Å². The predicted molar refractivity (Wildman–Crippen MR) is 147 cm³/mol. The zero-order chi connectivity index (χ0) is 27.0. The van der Waals surface area contributed by atoms with E-state index in [0.29, 0.717) is 25.2 Å². The van der Waals surface area contributed by atoms with Crippen LogP contribution in [0, 0.1) is 24.2 Å². The van der Waals surface area contributed by atoms with E-state index in [9.17, 15) is 14.9 Å². The van der Waals surface area contributed by atoms with Gasteiger partial charge >= 0.3 is 6.09 Å². The molecule has 1 fully saturated rings. The molecule has 7 heteroatoms. The third kappa shape index (κ3) is 5.12. The van der Waals surface area contributed by atoms with Gasteiger partial charge in [-0.1, -0.05) is 42.0 Å². The highest BCUT2D eigenvalue weighted by molar-refractivity contribution is 6.05. The average molecular weight is 509 g/mol. The molecule has 7 nitrogen and oxygen atoms in total. The van der Waals surface area contributed by atoms with E-state index in [0.717, 1.165) is 45.6 Å². The van der Waals surface area contributed by atoms with Crippen molar-refractivity contribution in [1.82, 2.24) is 9.88 Å². The molecule has 3 heterocycles. The van der Waals surface area contributed by atoms with E-state index in [-0.39, 0.29) is 24.3 Å². The lowest BCUT2D eigenvalue weighted by molar-refractivity contribution is -0.117. The van der Waals surface area contributed by atoms with Crippen LogP contribution < -0.4 is 4.90 Å². The lowest BCUT2D eigenvalue weighted by Crippen LogP contribution is -2.37. The third-order valence-corrected chi connectivity index (χ3v) is 7.09. The van der Waals surface area contributed by atoms with Crippen LogP contribution in [-0.2, 0) is 16.0 Å². The van der Waals surface area contributed by atoms with Crippen LogP contribution in [0.5, 0.6) is 0 Å². The van der Waals surface area contributed by atoms with Gasteiger partial charge < -0.3 is 14.5 Å². The molecule has 0 unspecified atom stereocenters. The molecule has 0 saturated carbocycles. The number of carbonyl (C=O) groups excluding carboxylic acids is 2. The second-order valence-electron chi connectivity index (χ2n) is 11.2. The van der Waals surface area contributed by atoms with Gasteiger partial charge in [0, 0.05) is 30.8 Å². The van der Waals surface area contributed by atoms with Crippen molar-refractivity contribution in [1.29, 1.82) is 5.26 Å². The van der Waals surface area contributed by atoms with Gasteiger partial charge in [-0.15, -0.1) is 0 Å². The normalized spacial score (nSPS) is 16.9. The quantitative estimate of drug-likeness (QED) is 0.448. The first-order valence-electron chi connectivity index (χ1n) is 13.0. The summed E-state index contributed by atoms with van der Waals surface area (Å²) in [5.74, 6) is 0.195. The number of aryl methyl sites for hydroxylation is 1. The smallest absolute Gasteiger partial charge is 0.410 e. The molecule has 2 amide bonds. The van der Waals surface area contributed by atoms with E-state index >= 15 is 0 Å². The van der Waals surface area contributed by atoms with E-state index < -0.39 is 5.60 Å². The fourth-order valence-electron chi connectivity index (χ4n) is 5.22. The maximum atomic E-state index is 13.3. The van der Waals surface area contributed by atoms with Crippen LogP contribution in [0.15, 0.2) is 54.7 Å². The Hall–Kier alpha value is -4.18. The number of nitriles is 1. The maximum absolute atomic E-state index is 13.3. The highest BCUT2D eigenvalue weighted by Crippen LogP contribution is 2.42. The van der Waals surface area contributed by atoms with Gasteiger partial charge in [-0.05, 0) is 63.3 Å². The van der Waals surface area contributed by atoms with E-state index in [1.54, 1.807) is 17.0 Å². The minimum absolute atomic E-state index is 0.0356. The van der Waals surface area contributed by atoms with Crippen molar-refractivity contribution in [2.45, 2.75) is 46.1 Å². The van der Waals surface area contributed by atoms with Crippen LogP contribution in [0.1, 0.15) is 43.9 Å². The molecule has 2 aromatic carbocycles. The molecule has 0 bridgehead atoms. The molecule has 194 valence electrons. The van der Waals surface area contributed by atoms with Crippen LogP contribution in [0.25, 0.3) is 22.4 Å². The number of carbonyl (C=O) groups is 2. The number of rotatable bonds is 4. The van der Waals surface area contributed by atoms with Crippen molar-refractivity contribution in [3.63, 3.8) is 0 Å².